The van der Waals surface area contributed by atoms with Crippen molar-refractivity contribution in [2.24, 2.45) is 5.92 Å². The summed E-state index contributed by atoms with van der Waals surface area (Å²) in [6, 6.07) is 1.20. The van der Waals surface area contributed by atoms with Crippen LogP contribution >= 0.6 is 11.3 Å². The molecule has 5 heteroatoms. The number of aryl methyl sites for hydroxylation is 1. The van der Waals surface area contributed by atoms with Gasteiger partial charge in [-0.25, -0.2) is 4.79 Å². The van der Waals surface area contributed by atoms with Gasteiger partial charge in [-0.15, -0.1) is 0 Å². The van der Waals surface area contributed by atoms with Crippen LogP contribution in [0.25, 0.3) is 0 Å². The van der Waals surface area contributed by atoms with Gasteiger partial charge in [-0.2, -0.15) is 11.3 Å². The molecule has 0 aromatic carbocycles. The van der Waals surface area contributed by atoms with Gasteiger partial charge in [-0.3, -0.25) is 4.79 Å². The van der Waals surface area contributed by atoms with Gasteiger partial charge >= 0.3 is 5.97 Å². The highest BCUT2D eigenvalue weighted by molar-refractivity contribution is 7.07. The van der Waals surface area contributed by atoms with Crippen molar-refractivity contribution in [3.63, 3.8) is 0 Å². The second-order valence-corrected chi connectivity index (χ2v) is 5.50. The lowest BCUT2D eigenvalue weighted by molar-refractivity contribution is -0.142. The number of hydrogen-bond donors (Lipinski definition) is 2. The first-order chi connectivity index (χ1) is 8.49. The molecule has 1 amide bonds. The highest BCUT2D eigenvalue weighted by Gasteiger charge is 2.20. The second-order valence-electron chi connectivity index (χ2n) is 4.72. The highest BCUT2D eigenvalue weighted by Crippen LogP contribution is 2.09. The SMILES string of the molecule is CC(C)C[C@@H](NC(=O)CCc1ccsc1)C(=O)O. The van der Waals surface area contributed by atoms with Crippen molar-refractivity contribution in [3.05, 3.63) is 22.4 Å². The van der Waals surface area contributed by atoms with E-state index in [4.69, 9.17) is 5.11 Å². The Hall–Kier alpha value is -1.36. The van der Waals surface area contributed by atoms with Crippen LogP contribution in [0.5, 0.6) is 0 Å². The van der Waals surface area contributed by atoms with E-state index in [1.54, 1.807) is 11.3 Å². The minimum atomic E-state index is -0.965. The molecule has 0 saturated heterocycles. The quantitative estimate of drug-likeness (QED) is 0.798. The zero-order chi connectivity index (χ0) is 13.5. The Balaban J connectivity index is 2.39. The number of aliphatic carboxylic acids is 1. The Bertz CT molecular complexity index is 387. The normalized spacial score (nSPS) is 12.4. The molecular formula is C13H19NO3S. The standard InChI is InChI=1S/C13H19NO3S/c1-9(2)7-11(13(16)17)14-12(15)4-3-10-5-6-18-8-10/h5-6,8-9,11H,3-4,7H2,1-2H3,(H,14,15)(H,16,17)/t11-/m1/s1. The lowest BCUT2D eigenvalue weighted by Crippen LogP contribution is -2.41. The van der Waals surface area contributed by atoms with Crippen LogP contribution < -0.4 is 5.32 Å². The van der Waals surface area contributed by atoms with Crippen molar-refractivity contribution in [2.75, 3.05) is 0 Å². The van der Waals surface area contributed by atoms with Crippen LogP contribution in [0.1, 0.15) is 32.3 Å². The lowest BCUT2D eigenvalue weighted by atomic mass is 10.0. The molecule has 1 rings (SSSR count). The van der Waals surface area contributed by atoms with Gasteiger partial charge in [0.25, 0.3) is 0 Å². The molecule has 2 N–H and O–H groups in total. The monoisotopic (exact) mass is 269 g/mol. The first kappa shape index (κ1) is 14.7. The van der Waals surface area contributed by atoms with Gasteiger partial charge in [0.15, 0.2) is 0 Å². The number of rotatable bonds is 7. The van der Waals surface area contributed by atoms with Gasteiger partial charge in [0.1, 0.15) is 6.04 Å². The molecule has 1 atom stereocenters. The van der Waals surface area contributed by atoms with Crippen LogP contribution in [0.4, 0.5) is 0 Å². The predicted octanol–water partition coefficient (Wildman–Crippen LogP) is 2.30. The molecule has 0 bridgehead atoms. The zero-order valence-corrected chi connectivity index (χ0v) is 11.5. The molecule has 1 aromatic rings. The van der Waals surface area contributed by atoms with E-state index in [0.29, 0.717) is 19.3 Å². The molecule has 18 heavy (non-hydrogen) atoms. The average Bonchev–Trinajstić information content (AvgIpc) is 2.77. The number of amides is 1. The summed E-state index contributed by atoms with van der Waals surface area (Å²) in [6.45, 7) is 3.88. The first-order valence-corrected chi connectivity index (χ1v) is 6.96. The summed E-state index contributed by atoms with van der Waals surface area (Å²) >= 11 is 1.59. The van der Waals surface area contributed by atoms with Crippen LogP contribution in [0.2, 0.25) is 0 Å². The highest BCUT2D eigenvalue weighted by atomic mass is 32.1. The first-order valence-electron chi connectivity index (χ1n) is 6.02. The van der Waals surface area contributed by atoms with Crippen molar-refractivity contribution in [3.8, 4) is 0 Å². The molecule has 1 heterocycles. The van der Waals surface area contributed by atoms with Crippen LogP contribution in [0.3, 0.4) is 0 Å². The predicted molar refractivity (Wildman–Crippen MR) is 71.7 cm³/mol. The van der Waals surface area contributed by atoms with E-state index in [9.17, 15) is 9.59 Å². The largest absolute Gasteiger partial charge is 0.480 e. The summed E-state index contributed by atoms with van der Waals surface area (Å²) in [5.41, 5.74) is 1.12. The van der Waals surface area contributed by atoms with E-state index >= 15 is 0 Å². The molecule has 0 aliphatic rings. The Labute approximate surface area is 111 Å². The number of carboxylic acids is 1. The molecule has 100 valence electrons. The molecule has 0 spiro atoms. The summed E-state index contributed by atoms with van der Waals surface area (Å²) in [5.74, 6) is -0.926. The maximum absolute atomic E-state index is 11.7. The van der Waals surface area contributed by atoms with Gasteiger partial charge in [0.05, 0.1) is 0 Å². The Kier molecular flexibility index (Phi) is 5.85. The summed E-state index contributed by atoms with van der Waals surface area (Å²) in [6.07, 6.45) is 1.45. The summed E-state index contributed by atoms with van der Waals surface area (Å²) in [4.78, 5) is 22.7. The van der Waals surface area contributed by atoms with Gasteiger partial charge in [-0.05, 0) is 41.1 Å². The van der Waals surface area contributed by atoms with E-state index in [1.807, 2.05) is 30.7 Å². The number of nitrogens with one attached hydrogen (secondary N) is 1. The minimum Gasteiger partial charge on any atom is -0.480 e. The van der Waals surface area contributed by atoms with Gasteiger partial charge in [0, 0.05) is 6.42 Å². The fraction of sp³-hybridized carbons (Fsp3) is 0.538. The fourth-order valence-electron chi connectivity index (χ4n) is 1.65. The molecule has 1 aromatic heterocycles. The third-order valence-electron chi connectivity index (χ3n) is 2.56. The smallest absolute Gasteiger partial charge is 0.326 e. The van der Waals surface area contributed by atoms with E-state index in [-0.39, 0.29) is 11.8 Å². The summed E-state index contributed by atoms with van der Waals surface area (Å²) in [5, 5.41) is 15.5. The van der Waals surface area contributed by atoms with Gasteiger partial charge in [0.2, 0.25) is 5.91 Å². The average molecular weight is 269 g/mol. The molecule has 0 unspecified atom stereocenters. The molecule has 0 saturated carbocycles. The third-order valence-corrected chi connectivity index (χ3v) is 3.29. The van der Waals surface area contributed by atoms with Gasteiger partial charge in [-0.1, -0.05) is 13.8 Å². The Morgan fingerprint density at radius 1 is 1.44 bits per heavy atom. The van der Waals surface area contributed by atoms with E-state index < -0.39 is 12.0 Å². The number of thiophene rings is 1. The lowest BCUT2D eigenvalue weighted by Gasteiger charge is -2.16. The molecule has 0 radical (unpaired) electrons. The molecular weight excluding hydrogens is 250 g/mol. The fourth-order valence-corrected chi connectivity index (χ4v) is 2.36. The summed E-state index contributed by atoms with van der Waals surface area (Å²) < 4.78 is 0. The Morgan fingerprint density at radius 3 is 2.67 bits per heavy atom. The van der Waals surface area contributed by atoms with Crippen LogP contribution in [0.15, 0.2) is 16.8 Å². The molecule has 0 aliphatic heterocycles. The van der Waals surface area contributed by atoms with Crippen molar-refractivity contribution in [2.45, 2.75) is 39.2 Å². The van der Waals surface area contributed by atoms with Crippen molar-refractivity contribution in [1.29, 1.82) is 0 Å². The van der Waals surface area contributed by atoms with Crippen molar-refractivity contribution in [1.82, 2.24) is 5.32 Å². The number of carbonyl (C=O) groups excluding carboxylic acids is 1. The van der Waals surface area contributed by atoms with E-state index in [2.05, 4.69) is 5.32 Å². The second kappa shape index (κ2) is 7.16. The van der Waals surface area contributed by atoms with Crippen LogP contribution in [-0.2, 0) is 16.0 Å². The molecule has 0 fully saturated rings. The van der Waals surface area contributed by atoms with Crippen molar-refractivity contribution >= 4 is 23.2 Å². The number of carbonyl (C=O) groups is 2. The number of carboxylic acid groups (broad SMARTS) is 1. The third kappa shape index (κ3) is 5.31. The summed E-state index contributed by atoms with van der Waals surface area (Å²) in [7, 11) is 0. The topological polar surface area (TPSA) is 66.4 Å². The van der Waals surface area contributed by atoms with E-state index in [1.165, 1.54) is 0 Å². The Morgan fingerprint density at radius 2 is 2.17 bits per heavy atom. The minimum absolute atomic E-state index is 0.200. The van der Waals surface area contributed by atoms with Crippen LogP contribution in [-0.4, -0.2) is 23.0 Å². The number of hydrogen-bond acceptors (Lipinski definition) is 3. The van der Waals surface area contributed by atoms with Crippen LogP contribution in [0, 0.1) is 5.92 Å². The molecule has 4 nitrogen and oxygen atoms in total. The van der Waals surface area contributed by atoms with Crippen molar-refractivity contribution < 1.29 is 14.7 Å². The zero-order valence-electron chi connectivity index (χ0n) is 10.7. The maximum atomic E-state index is 11.7. The molecule has 0 aliphatic carbocycles. The van der Waals surface area contributed by atoms with Gasteiger partial charge < -0.3 is 10.4 Å². The maximum Gasteiger partial charge on any atom is 0.326 e. The van der Waals surface area contributed by atoms with E-state index in [0.717, 1.165) is 5.56 Å².